The Morgan fingerprint density at radius 2 is 2.00 bits per heavy atom. The molecule has 0 saturated heterocycles. The summed E-state index contributed by atoms with van der Waals surface area (Å²) in [5.41, 5.74) is 2.11. The van der Waals surface area contributed by atoms with Gasteiger partial charge in [-0.05, 0) is 25.3 Å². The first-order chi connectivity index (χ1) is 10.1. The molecule has 0 aliphatic carbocycles. The first kappa shape index (κ1) is 15.1. The quantitative estimate of drug-likeness (QED) is 0.786. The molecule has 110 valence electrons. The molecule has 21 heavy (non-hydrogen) atoms. The van der Waals surface area contributed by atoms with Crippen molar-refractivity contribution in [3.05, 3.63) is 34.7 Å². The van der Waals surface area contributed by atoms with Crippen molar-refractivity contribution in [2.24, 2.45) is 0 Å². The van der Waals surface area contributed by atoms with Crippen molar-refractivity contribution in [2.75, 3.05) is 0 Å². The Hall–Kier alpha value is -2.28. The molecule has 0 aliphatic rings. The van der Waals surface area contributed by atoms with Crippen LogP contribution in [0.15, 0.2) is 17.8 Å². The highest BCUT2D eigenvalue weighted by atomic mass is 32.1. The van der Waals surface area contributed by atoms with Crippen molar-refractivity contribution in [1.82, 2.24) is 19.7 Å². The van der Waals surface area contributed by atoms with Crippen LogP contribution in [0.25, 0.3) is 16.0 Å². The van der Waals surface area contributed by atoms with Gasteiger partial charge in [0.05, 0.1) is 21.6 Å². The van der Waals surface area contributed by atoms with Crippen molar-refractivity contribution in [3.8, 4) is 5.82 Å². The summed E-state index contributed by atoms with van der Waals surface area (Å²) in [6, 6.07) is 1.90. The van der Waals surface area contributed by atoms with Gasteiger partial charge in [-0.1, -0.05) is 13.8 Å². The Labute approximate surface area is 126 Å². The fourth-order valence-electron chi connectivity index (χ4n) is 2.09. The summed E-state index contributed by atoms with van der Waals surface area (Å²) in [7, 11) is 0. The molecule has 3 heterocycles. The van der Waals surface area contributed by atoms with Crippen LogP contribution in [0.2, 0.25) is 0 Å². The molecule has 7 heteroatoms. The highest BCUT2D eigenvalue weighted by Crippen LogP contribution is 2.26. The van der Waals surface area contributed by atoms with Gasteiger partial charge in [-0.3, -0.25) is 0 Å². The van der Waals surface area contributed by atoms with E-state index in [1.807, 2.05) is 25.3 Å². The Balaban J connectivity index is 0.000000774. The Morgan fingerprint density at radius 1 is 1.29 bits per heavy atom. The molecule has 3 aromatic heterocycles. The summed E-state index contributed by atoms with van der Waals surface area (Å²) in [6.45, 7) is 7.41. The molecule has 0 fully saturated rings. The third-order valence-corrected chi connectivity index (χ3v) is 3.83. The maximum Gasteiger partial charge on any atom is 0.339 e. The molecule has 0 aliphatic heterocycles. The van der Waals surface area contributed by atoms with E-state index in [2.05, 4.69) is 15.1 Å². The summed E-state index contributed by atoms with van der Waals surface area (Å²) in [5, 5.41) is 15.4. The maximum atomic E-state index is 11.2. The summed E-state index contributed by atoms with van der Waals surface area (Å²) in [4.78, 5) is 19.6. The van der Waals surface area contributed by atoms with Crippen molar-refractivity contribution in [2.45, 2.75) is 27.7 Å². The number of aryl methyl sites for hydroxylation is 1. The van der Waals surface area contributed by atoms with Gasteiger partial charge >= 0.3 is 5.97 Å². The molecule has 6 nitrogen and oxygen atoms in total. The third-order valence-electron chi connectivity index (χ3n) is 2.93. The number of rotatable bonds is 2. The van der Waals surface area contributed by atoms with Crippen LogP contribution in [-0.4, -0.2) is 30.8 Å². The lowest BCUT2D eigenvalue weighted by Gasteiger charge is -2.04. The highest BCUT2D eigenvalue weighted by Gasteiger charge is 2.20. The number of carboxylic acid groups (broad SMARTS) is 1. The number of hydrogen-bond donors (Lipinski definition) is 1. The molecular weight excluding hydrogens is 288 g/mol. The van der Waals surface area contributed by atoms with E-state index >= 15 is 0 Å². The number of carboxylic acids is 1. The molecule has 0 aromatic carbocycles. The number of aromatic carboxylic acids is 1. The van der Waals surface area contributed by atoms with Crippen molar-refractivity contribution in [1.29, 1.82) is 0 Å². The SMILES string of the molecule is CC.Cc1nn(-c2ncnc3ccsc23)c(C)c1C(=O)O. The summed E-state index contributed by atoms with van der Waals surface area (Å²) in [5.74, 6) is -0.356. The monoisotopic (exact) mass is 304 g/mol. The van der Waals surface area contributed by atoms with Crippen molar-refractivity contribution in [3.63, 3.8) is 0 Å². The summed E-state index contributed by atoms with van der Waals surface area (Å²) in [6.07, 6.45) is 1.46. The largest absolute Gasteiger partial charge is 0.478 e. The lowest BCUT2D eigenvalue weighted by Crippen LogP contribution is -2.04. The van der Waals surface area contributed by atoms with E-state index in [9.17, 15) is 9.90 Å². The third kappa shape index (κ3) is 2.52. The maximum absolute atomic E-state index is 11.2. The van der Waals surface area contributed by atoms with Crippen LogP contribution >= 0.6 is 11.3 Å². The van der Waals surface area contributed by atoms with Crippen LogP contribution in [0.5, 0.6) is 0 Å². The average molecular weight is 304 g/mol. The minimum atomic E-state index is -0.974. The van der Waals surface area contributed by atoms with Crippen LogP contribution in [0.4, 0.5) is 0 Å². The van der Waals surface area contributed by atoms with Crippen LogP contribution in [0.3, 0.4) is 0 Å². The van der Waals surface area contributed by atoms with Crippen LogP contribution in [0, 0.1) is 13.8 Å². The fourth-order valence-corrected chi connectivity index (χ4v) is 2.90. The van der Waals surface area contributed by atoms with E-state index in [-0.39, 0.29) is 5.56 Å². The van der Waals surface area contributed by atoms with Gasteiger partial charge in [-0.2, -0.15) is 5.10 Å². The zero-order valence-corrected chi connectivity index (χ0v) is 13.1. The normalized spacial score (nSPS) is 10.3. The summed E-state index contributed by atoms with van der Waals surface area (Å²) >= 11 is 1.51. The summed E-state index contributed by atoms with van der Waals surface area (Å²) < 4.78 is 2.46. The molecule has 0 atom stereocenters. The number of aromatic nitrogens is 4. The Kier molecular flexibility index (Phi) is 4.32. The van der Waals surface area contributed by atoms with Crippen LogP contribution in [-0.2, 0) is 0 Å². The topological polar surface area (TPSA) is 80.9 Å². The van der Waals surface area contributed by atoms with Gasteiger partial charge in [0.15, 0.2) is 5.82 Å². The zero-order chi connectivity index (χ0) is 15.6. The predicted octanol–water partition coefficient (Wildman–Crippen LogP) is 3.22. The van der Waals surface area contributed by atoms with Gasteiger partial charge in [0.2, 0.25) is 0 Å². The molecule has 0 unspecified atom stereocenters. The highest BCUT2D eigenvalue weighted by molar-refractivity contribution is 7.17. The number of carbonyl (C=O) groups is 1. The van der Waals surface area contributed by atoms with Gasteiger partial charge in [0.1, 0.15) is 11.9 Å². The second kappa shape index (κ2) is 6.01. The van der Waals surface area contributed by atoms with Crippen LogP contribution in [0.1, 0.15) is 35.6 Å². The molecule has 0 spiro atoms. The number of fused-ring (bicyclic) bond motifs is 1. The fraction of sp³-hybridized carbons (Fsp3) is 0.286. The van der Waals surface area contributed by atoms with Crippen LogP contribution < -0.4 is 0 Å². The molecule has 3 aromatic rings. The lowest BCUT2D eigenvalue weighted by atomic mass is 10.2. The van der Waals surface area contributed by atoms with E-state index < -0.39 is 5.97 Å². The zero-order valence-electron chi connectivity index (χ0n) is 12.3. The first-order valence-corrected chi connectivity index (χ1v) is 7.45. The average Bonchev–Trinajstić information content (AvgIpc) is 3.05. The molecule has 0 amide bonds. The second-order valence-corrected chi connectivity index (χ2v) is 5.01. The van der Waals surface area contributed by atoms with E-state index in [1.54, 1.807) is 18.5 Å². The molecular formula is C14H16N4O2S. The molecule has 1 N–H and O–H groups in total. The standard InChI is InChI=1S/C12H10N4O2S.C2H6/c1-6-9(12(17)18)7(2)16(15-6)11-10-8(3-4-19-10)13-5-14-11;1-2/h3-5H,1-2H3,(H,17,18);1-2H3. The molecule has 0 saturated carbocycles. The van der Waals surface area contributed by atoms with E-state index in [4.69, 9.17) is 0 Å². The minimum Gasteiger partial charge on any atom is -0.478 e. The minimum absolute atomic E-state index is 0.225. The van der Waals surface area contributed by atoms with Gasteiger partial charge < -0.3 is 5.11 Å². The molecule has 0 radical (unpaired) electrons. The lowest BCUT2D eigenvalue weighted by molar-refractivity contribution is 0.0695. The van der Waals surface area contributed by atoms with E-state index in [0.29, 0.717) is 17.2 Å². The Morgan fingerprint density at radius 3 is 2.62 bits per heavy atom. The van der Waals surface area contributed by atoms with Gasteiger partial charge in [0.25, 0.3) is 0 Å². The Bertz CT molecular complexity index is 791. The first-order valence-electron chi connectivity index (χ1n) is 6.57. The van der Waals surface area contributed by atoms with Gasteiger partial charge in [-0.25, -0.2) is 19.4 Å². The molecule has 0 bridgehead atoms. The number of nitrogens with zero attached hydrogens (tertiary/aromatic N) is 4. The number of thiophene rings is 1. The van der Waals surface area contributed by atoms with Gasteiger partial charge in [-0.15, -0.1) is 11.3 Å². The van der Waals surface area contributed by atoms with E-state index in [0.717, 1.165) is 10.2 Å². The molecule has 3 rings (SSSR count). The predicted molar refractivity (Wildman–Crippen MR) is 82.3 cm³/mol. The van der Waals surface area contributed by atoms with E-state index in [1.165, 1.54) is 17.7 Å². The van der Waals surface area contributed by atoms with Crippen molar-refractivity contribution < 1.29 is 9.90 Å². The van der Waals surface area contributed by atoms with Crippen molar-refractivity contribution >= 4 is 27.5 Å². The number of hydrogen-bond acceptors (Lipinski definition) is 5. The second-order valence-electron chi connectivity index (χ2n) is 4.10. The smallest absolute Gasteiger partial charge is 0.339 e. The van der Waals surface area contributed by atoms with Gasteiger partial charge in [0, 0.05) is 0 Å².